The number of aliphatic hydroxyl groups is 1. The summed E-state index contributed by atoms with van der Waals surface area (Å²) in [7, 11) is 0. The predicted molar refractivity (Wildman–Crippen MR) is 120 cm³/mol. The van der Waals surface area contributed by atoms with Crippen LogP contribution in [0.25, 0.3) is 0 Å². The van der Waals surface area contributed by atoms with Gasteiger partial charge in [-0.1, -0.05) is 58.9 Å². The van der Waals surface area contributed by atoms with Gasteiger partial charge in [-0.25, -0.2) is 0 Å². The lowest BCUT2D eigenvalue weighted by atomic mass is 9.85. The van der Waals surface area contributed by atoms with Crippen LogP contribution >= 0.6 is 0 Å². The Labute approximate surface area is 185 Å². The number of nitrogens with one attached hydrogen (secondary N) is 2. The van der Waals surface area contributed by atoms with Gasteiger partial charge in [0.15, 0.2) is 0 Å². The predicted octanol–water partition coefficient (Wildman–Crippen LogP) is 2.50. The number of rotatable bonds is 6. The molecule has 1 saturated heterocycles. The first kappa shape index (κ1) is 24.9. The van der Waals surface area contributed by atoms with E-state index in [9.17, 15) is 19.5 Å². The number of carbonyl (C=O) groups is 3. The van der Waals surface area contributed by atoms with Gasteiger partial charge in [0.2, 0.25) is 17.7 Å². The molecule has 0 aliphatic carbocycles. The summed E-state index contributed by atoms with van der Waals surface area (Å²) in [4.78, 5) is 39.4. The smallest absolute Gasteiger partial charge is 0.246 e. The molecule has 1 aromatic rings. The van der Waals surface area contributed by atoms with Gasteiger partial charge < -0.3 is 20.6 Å². The van der Waals surface area contributed by atoms with Crippen molar-refractivity contribution in [2.45, 2.75) is 85.0 Å². The summed E-state index contributed by atoms with van der Waals surface area (Å²) in [6, 6.07) is 6.30. The highest BCUT2D eigenvalue weighted by Gasteiger charge is 2.44. The lowest BCUT2D eigenvalue weighted by Gasteiger charge is -2.35. The molecule has 31 heavy (non-hydrogen) atoms. The van der Waals surface area contributed by atoms with E-state index in [4.69, 9.17) is 0 Å². The normalized spacial score (nSPS) is 21.0. The van der Waals surface area contributed by atoms with E-state index in [0.717, 1.165) is 5.56 Å². The van der Waals surface area contributed by atoms with Crippen LogP contribution in [-0.2, 0) is 14.4 Å². The standard InChI is InChI=1S/C24H37N3O4/c1-14(2)17-8-10-18(11-9-17)15(3)25-22(30)20-12-19(29)13-27(20)23(31)21(24(5,6)7)26-16(4)28/h8-11,14-15,19-21,29H,12-13H2,1-7H3,(H,25,30)(H,26,28)/t15-,19+,20-,21+/m0/s1. The van der Waals surface area contributed by atoms with Crippen molar-refractivity contribution in [1.82, 2.24) is 15.5 Å². The molecule has 1 aromatic carbocycles. The second-order valence-corrected chi connectivity index (χ2v) is 9.95. The van der Waals surface area contributed by atoms with E-state index in [0.29, 0.717) is 5.92 Å². The largest absolute Gasteiger partial charge is 0.391 e. The maximum Gasteiger partial charge on any atom is 0.246 e. The van der Waals surface area contributed by atoms with Crippen molar-refractivity contribution in [2.75, 3.05) is 6.54 Å². The molecule has 4 atom stereocenters. The van der Waals surface area contributed by atoms with E-state index < -0.39 is 23.6 Å². The van der Waals surface area contributed by atoms with E-state index in [1.54, 1.807) is 0 Å². The highest BCUT2D eigenvalue weighted by Crippen LogP contribution is 2.27. The van der Waals surface area contributed by atoms with Gasteiger partial charge in [0.25, 0.3) is 0 Å². The van der Waals surface area contributed by atoms with Crippen LogP contribution < -0.4 is 10.6 Å². The Morgan fingerprint density at radius 3 is 2.06 bits per heavy atom. The molecule has 7 heteroatoms. The molecular formula is C24H37N3O4. The summed E-state index contributed by atoms with van der Waals surface area (Å²) in [6.07, 6.45) is -0.605. The molecular weight excluding hydrogens is 394 g/mol. The third-order valence-corrected chi connectivity index (χ3v) is 5.79. The van der Waals surface area contributed by atoms with Gasteiger partial charge in [-0.2, -0.15) is 0 Å². The zero-order valence-corrected chi connectivity index (χ0v) is 19.7. The minimum absolute atomic E-state index is 0.0700. The molecule has 1 aliphatic heterocycles. The van der Waals surface area contributed by atoms with E-state index in [1.165, 1.54) is 17.4 Å². The average Bonchev–Trinajstić information content (AvgIpc) is 3.06. The van der Waals surface area contributed by atoms with Crippen LogP contribution in [0.2, 0.25) is 0 Å². The Morgan fingerprint density at radius 1 is 1.03 bits per heavy atom. The van der Waals surface area contributed by atoms with Crippen LogP contribution in [0.15, 0.2) is 24.3 Å². The quantitative estimate of drug-likeness (QED) is 0.644. The number of benzene rings is 1. The van der Waals surface area contributed by atoms with Crippen molar-refractivity contribution in [3.63, 3.8) is 0 Å². The third kappa shape index (κ3) is 6.29. The van der Waals surface area contributed by atoms with Crippen molar-refractivity contribution >= 4 is 17.7 Å². The number of likely N-dealkylation sites (tertiary alicyclic amines) is 1. The number of carbonyl (C=O) groups excluding carboxylic acids is 3. The Balaban J connectivity index is 2.16. The average molecular weight is 432 g/mol. The third-order valence-electron chi connectivity index (χ3n) is 5.79. The van der Waals surface area contributed by atoms with Gasteiger partial charge >= 0.3 is 0 Å². The van der Waals surface area contributed by atoms with Crippen molar-refractivity contribution in [1.29, 1.82) is 0 Å². The van der Waals surface area contributed by atoms with Crippen molar-refractivity contribution in [2.24, 2.45) is 5.41 Å². The van der Waals surface area contributed by atoms with Gasteiger partial charge in [-0.3, -0.25) is 14.4 Å². The van der Waals surface area contributed by atoms with Crippen molar-refractivity contribution in [3.8, 4) is 0 Å². The van der Waals surface area contributed by atoms with E-state index in [-0.39, 0.29) is 36.7 Å². The van der Waals surface area contributed by atoms with Crippen LogP contribution in [0.4, 0.5) is 0 Å². The molecule has 3 N–H and O–H groups in total. The molecule has 1 fully saturated rings. The number of hydrogen-bond donors (Lipinski definition) is 3. The van der Waals surface area contributed by atoms with Crippen molar-refractivity contribution < 1.29 is 19.5 Å². The summed E-state index contributed by atoms with van der Waals surface area (Å²) in [5, 5.41) is 15.9. The molecule has 0 aromatic heterocycles. The highest BCUT2D eigenvalue weighted by atomic mass is 16.3. The SMILES string of the molecule is CC(=O)N[C@H](C(=O)N1C[C@H](O)C[C@H]1C(=O)N[C@@H](C)c1ccc(C(C)C)cc1)C(C)(C)C. The van der Waals surface area contributed by atoms with Crippen molar-refractivity contribution in [3.05, 3.63) is 35.4 Å². The summed E-state index contributed by atoms with van der Waals surface area (Å²) >= 11 is 0. The molecule has 0 saturated carbocycles. The van der Waals surface area contributed by atoms with Gasteiger partial charge in [0, 0.05) is 19.9 Å². The van der Waals surface area contributed by atoms with Crippen LogP contribution in [-0.4, -0.2) is 52.5 Å². The van der Waals surface area contributed by atoms with Crippen LogP contribution in [0, 0.1) is 5.41 Å². The lowest BCUT2D eigenvalue weighted by molar-refractivity contribution is -0.144. The maximum absolute atomic E-state index is 13.3. The topological polar surface area (TPSA) is 98.7 Å². The molecule has 0 bridgehead atoms. The zero-order valence-electron chi connectivity index (χ0n) is 19.7. The minimum atomic E-state index is -0.786. The van der Waals surface area contributed by atoms with Crippen LogP contribution in [0.1, 0.15) is 78.0 Å². The number of nitrogens with zero attached hydrogens (tertiary/aromatic N) is 1. The van der Waals surface area contributed by atoms with Gasteiger partial charge in [0.1, 0.15) is 12.1 Å². The van der Waals surface area contributed by atoms with Gasteiger partial charge in [-0.05, 0) is 29.4 Å². The molecule has 0 spiro atoms. The van der Waals surface area contributed by atoms with Gasteiger partial charge in [-0.15, -0.1) is 0 Å². The summed E-state index contributed by atoms with van der Waals surface area (Å²) in [5.41, 5.74) is 1.66. The number of aliphatic hydroxyl groups excluding tert-OH is 1. The second kappa shape index (κ2) is 9.81. The molecule has 1 aliphatic rings. The fourth-order valence-corrected chi connectivity index (χ4v) is 3.89. The van der Waals surface area contributed by atoms with Crippen LogP contribution in [0.5, 0.6) is 0 Å². The zero-order chi connectivity index (χ0) is 23.5. The first-order chi connectivity index (χ1) is 14.3. The van der Waals surface area contributed by atoms with E-state index in [1.807, 2.05) is 39.8 Å². The first-order valence-electron chi connectivity index (χ1n) is 11.0. The molecule has 1 heterocycles. The Hall–Kier alpha value is -2.41. The van der Waals surface area contributed by atoms with E-state index in [2.05, 4.69) is 36.6 Å². The Kier molecular flexibility index (Phi) is 7.87. The Bertz CT molecular complexity index is 798. The molecule has 7 nitrogen and oxygen atoms in total. The van der Waals surface area contributed by atoms with Crippen LogP contribution in [0.3, 0.4) is 0 Å². The monoisotopic (exact) mass is 431 g/mol. The first-order valence-corrected chi connectivity index (χ1v) is 11.0. The molecule has 0 radical (unpaired) electrons. The summed E-state index contributed by atoms with van der Waals surface area (Å²) in [6.45, 7) is 13.2. The maximum atomic E-state index is 13.3. The molecule has 0 unspecified atom stereocenters. The fourth-order valence-electron chi connectivity index (χ4n) is 3.89. The summed E-state index contributed by atoms with van der Waals surface area (Å²) < 4.78 is 0. The highest BCUT2D eigenvalue weighted by molar-refractivity contribution is 5.93. The van der Waals surface area contributed by atoms with E-state index >= 15 is 0 Å². The molecule has 3 amide bonds. The molecule has 172 valence electrons. The second-order valence-electron chi connectivity index (χ2n) is 9.95. The van der Waals surface area contributed by atoms with Gasteiger partial charge in [0.05, 0.1) is 12.1 Å². The fraction of sp³-hybridized carbons (Fsp3) is 0.625. The molecule has 2 rings (SSSR count). The number of hydrogen-bond acceptors (Lipinski definition) is 4. The number of β-amino-alcohol motifs (C(OH)–C–C–N with tert-alkyl or cyclic N) is 1. The minimum Gasteiger partial charge on any atom is -0.391 e. The summed E-state index contributed by atoms with van der Waals surface area (Å²) in [5.74, 6) is -0.542. The Morgan fingerprint density at radius 2 is 1.58 bits per heavy atom. The lowest BCUT2D eigenvalue weighted by Crippen LogP contribution is -2.57. The number of amides is 3.